The number of carboxylic acids is 1. The minimum absolute atomic E-state index is 0.188. The van der Waals surface area contributed by atoms with Gasteiger partial charge in [0.1, 0.15) is 0 Å². The number of thioether (sulfide) groups is 1. The minimum Gasteiger partial charge on any atom is -0.481 e. The molecule has 0 radical (unpaired) electrons. The maximum absolute atomic E-state index is 10.5. The number of ether oxygens (including phenoxy) is 1. The topological polar surface area (TPSA) is 46.5 Å². The molecule has 76 valence electrons. The zero-order chi connectivity index (χ0) is 9.84. The van der Waals surface area contributed by atoms with Crippen molar-refractivity contribution in [3.8, 4) is 0 Å². The fourth-order valence-electron chi connectivity index (χ4n) is 1.67. The summed E-state index contributed by atoms with van der Waals surface area (Å²) in [4.78, 5) is 10.5. The highest BCUT2D eigenvalue weighted by Crippen LogP contribution is 2.30. The van der Waals surface area contributed by atoms with Crippen molar-refractivity contribution in [1.82, 2.24) is 0 Å². The molecule has 1 saturated heterocycles. The summed E-state index contributed by atoms with van der Waals surface area (Å²) in [5, 5.41) is 8.99. The van der Waals surface area contributed by atoms with Gasteiger partial charge in [-0.05, 0) is 12.8 Å². The predicted octanol–water partition coefficient (Wildman–Crippen LogP) is 1.62. The van der Waals surface area contributed by atoms with Crippen molar-refractivity contribution in [2.45, 2.75) is 31.6 Å². The lowest BCUT2D eigenvalue weighted by Gasteiger charge is -2.32. The molecule has 0 unspecified atom stereocenters. The van der Waals surface area contributed by atoms with Gasteiger partial charge in [0, 0.05) is 17.4 Å². The zero-order valence-electron chi connectivity index (χ0n) is 8.03. The van der Waals surface area contributed by atoms with Crippen molar-refractivity contribution < 1.29 is 14.6 Å². The molecule has 0 aromatic rings. The quantitative estimate of drug-likeness (QED) is 0.758. The second-order valence-corrected chi connectivity index (χ2v) is 4.77. The molecule has 0 saturated carbocycles. The molecule has 1 rings (SSSR count). The molecule has 1 aliphatic rings. The molecule has 0 bridgehead atoms. The predicted molar refractivity (Wildman–Crippen MR) is 53.1 cm³/mol. The van der Waals surface area contributed by atoms with Crippen LogP contribution in [0.5, 0.6) is 0 Å². The number of hydrogen-bond acceptors (Lipinski definition) is 3. The molecule has 1 heterocycles. The third-order valence-corrected chi connectivity index (χ3v) is 3.93. The van der Waals surface area contributed by atoms with Crippen LogP contribution in [0, 0.1) is 5.92 Å². The summed E-state index contributed by atoms with van der Waals surface area (Å²) < 4.78 is 5.48. The maximum atomic E-state index is 10.5. The van der Waals surface area contributed by atoms with E-state index in [2.05, 4.69) is 0 Å². The van der Waals surface area contributed by atoms with Crippen molar-refractivity contribution >= 4 is 17.7 Å². The van der Waals surface area contributed by atoms with Gasteiger partial charge in [0.25, 0.3) is 0 Å². The second-order valence-electron chi connectivity index (χ2n) is 3.49. The molecule has 1 N–H and O–H groups in total. The average molecular weight is 204 g/mol. The van der Waals surface area contributed by atoms with E-state index in [-0.39, 0.29) is 18.4 Å². The highest BCUT2D eigenvalue weighted by Gasteiger charge is 2.28. The van der Waals surface area contributed by atoms with Gasteiger partial charge in [0.15, 0.2) is 0 Å². The van der Waals surface area contributed by atoms with Gasteiger partial charge in [-0.25, -0.2) is 0 Å². The van der Waals surface area contributed by atoms with Crippen LogP contribution in [0.3, 0.4) is 0 Å². The number of aliphatic carboxylic acids is 1. The fourth-order valence-corrected chi connectivity index (χ4v) is 2.91. The van der Waals surface area contributed by atoms with Crippen LogP contribution in [0.2, 0.25) is 0 Å². The molecule has 1 fully saturated rings. The molecule has 3 atom stereocenters. The van der Waals surface area contributed by atoms with E-state index >= 15 is 0 Å². The molecule has 0 spiro atoms. The highest BCUT2D eigenvalue weighted by molar-refractivity contribution is 8.00. The van der Waals surface area contributed by atoms with E-state index in [9.17, 15) is 4.79 Å². The molecule has 0 aliphatic carbocycles. The van der Waals surface area contributed by atoms with Gasteiger partial charge < -0.3 is 9.84 Å². The summed E-state index contributed by atoms with van der Waals surface area (Å²) in [5.74, 6) is 0.461. The average Bonchev–Trinajstić information content (AvgIpc) is 2.03. The molecule has 4 heteroatoms. The number of carbonyl (C=O) groups is 1. The summed E-state index contributed by atoms with van der Waals surface area (Å²) in [5.41, 5.74) is 0. The third kappa shape index (κ3) is 3.19. The Morgan fingerprint density at radius 1 is 1.77 bits per heavy atom. The second kappa shape index (κ2) is 4.86. The molecule has 1 aliphatic heterocycles. The van der Waals surface area contributed by atoms with Gasteiger partial charge in [0.05, 0.1) is 12.7 Å². The first-order chi connectivity index (χ1) is 6.11. The Hall–Kier alpha value is -0.220. The molecule has 3 nitrogen and oxygen atoms in total. The first-order valence-corrected chi connectivity index (χ1v) is 5.61. The van der Waals surface area contributed by atoms with Crippen LogP contribution in [0.1, 0.15) is 20.3 Å². The number of rotatable bonds is 3. The van der Waals surface area contributed by atoms with Crippen molar-refractivity contribution in [3.63, 3.8) is 0 Å². The summed E-state index contributed by atoms with van der Waals surface area (Å²) >= 11 is 1.83. The lowest BCUT2D eigenvalue weighted by atomic mass is 10.00. The van der Waals surface area contributed by atoms with Gasteiger partial charge in [-0.2, -0.15) is 11.8 Å². The Morgan fingerprint density at radius 3 is 3.00 bits per heavy atom. The van der Waals surface area contributed by atoms with E-state index in [4.69, 9.17) is 9.84 Å². The largest absolute Gasteiger partial charge is 0.481 e. The van der Waals surface area contributed by atoms with Crippen molar-refractivity contribution in [3.05, 3.63) is 0 Å². The standard InChI is InChI=1S/C9H16O3S/c1-6(5-8(10)11)9-7(2)12-3-4-13-9/h6-7,9H,3-5H2,1-2H3,(H,10,11)/t6-,7+,9+/m1/s1. The Labute approximate surface area is 82.8 Å². The summed E-state index contributed by atoms with van der Waals surface area (Å²) in [6.45, 7) is 4.80. The Kier molecular flexibility index (Phi) is 4.06. The van der Waals surface area contributed by atoms with E-state index < -0.39 is 5.97 Å². The van der Waals surface area contributed by atoms with Gasteiger partial charge in [0.2, 0.25) is 0 Å². The monoisotopic (exact) mass is 204 g/mol. The molecule has 0 amide bonds. The van der Waals surface area contributed by atoms with E-state index in [1.807, 2.05) is 25.6 Å². The van der Waals surface area contributed by atoms with E-state index in [0.29, 0.717) is 5.25 Å². The third-order valence-electron chi connectivity index (χ3n) is 2.29. The van der Waals surface area contributed by atoms with Crippen molar-refractivity contribution in [2.75, 3.05) is 12.4 Å². The van der Waals surface area contributed by atoms with Gasteiger partial charge in [-0.15, -0.1) is 0 Å². The molecule has 0 aromatic heterocycles. The number of hydrogen-bond donors (Lipinski definition) is 1. The summed E-state index contributed by atoms with van der Waals surface area (Å²) in [6.07, 6.45) is 0.429. The van der Waals surface area contributed by atoms with E-state index in [1.54, 1.807) is 0 Å². The van der Waals surface area contributed by atoms with Crippen LogP contribution in [0.25, 0.3) is 0 Å². The van der Waals surface area contributed by atoms with Crippen LogP contribution >= 0.6 is 11.8 Å². The maximum Gasteiger partial charge on any atom is 0.303 e. The Bertz CT molecular complexity index is 184. The smallest absolute Gasteiger partial charge is 0.303 e. The molecule has 0 aromatic carbocycles. The van der Waals surface area contributed by atoms with Gasteiger partial charge >= 0.3 is 5.97 Å². The van der Waals surface area contributed by atoms with Crippen LogP contribution in [-0.4, -0.2) is 34.8 Å². The van der Waals surface area contributed by atoms with Crippen LogP contribution in [0.4, 0.5) is 0 Å². The first-order valence-electron chi connectivity index (χ1n) is 4.56. The van der Waals surface area contributed by atoms with Gasteiger partial charge in [-0.3, -0.25) is 4.79 Å². The lowest BCUT2D eigenvalue weighted by Crippen LogP contribution is -2.35. The van der Waals surface area contributed by atoms with Gasteiger partial charge in [-0.1, -0.05) is 6.92 Å². The molecular weight excluding hydrogens is 188 g/mol. The number of carboxylic acid groups (broad SMARTS) is 1. The highest BCUT2D eigenvalue weighted by atomic mass is 32.2. The summed E-state index contributed by atoms with van der Waals surface area (Å²) in [6, 6.07) is 0. The lowest BCUT2D eigenvalue weighted by molar-refractivity contribution is -0.138. The van der Waals surface area contributed by atoms with Crippen LogP contribution < -0.4 is 0 Å². The van der Waals surface area contributed by atoms with E-state index in [0.717, 1.165) is 12.4 Å². The SMILES string of the molecule is C[C@H](CC(=O)O)[C@@H]1SCCO[C@H]1C. The van der Waals surface area contributed by atoms with Crippen LogP contribution in [0.15, 0.2) is 0 Å². The Balaban J connectivity index is 2.43. The van der Waals surface area contributed by atoms with Crippen LogP contribution in [-0.2, 0) is 9.53 Å². The van der Waals surface area contributed by atoms with E-state index in [1.165, 1.54) is 0 Å². The van der Waals surface area contributed by atoms with Crippen molar-refractivity contribution in [2.24, 2.45) is 5.92 Å². The molecular formula is C9H16O3S. The fraction of sp³-hybridized carbons (Fsp3) is 0.889. The summed E-state index contributed by atoms with van der Waals surface area (Å²) in [7, 11) is 0. The first kappa shape index (κ1) is 10.9. The van der Waals surface area contributed by atoms with Crippen molar-refractivity contribution in [1.29, 1.82) is 0 Å². The minimum atomic E-state index is -0.717. The zero-order valence-corrected chi connectivity index (χ0v) is 8.84. The Morgan fingerprint density at radius 2 is 2.46 bits per heavy atom. The normalized spacial score (nSPS) is 31.2. The molecule has 13 heavy (non-hydrogen) atoms.